The van der Waals surface area contributed by atoms with E-state index in [9.17, 15) is 22.4 Å². The smallest absolute Gasteiger partial charge is 0.403 e. The molecular weight excluding hydrogens is 646 g/mol. The van der Waals surface area contributed by atoms with Crippen molar-refractivity contribution in [3.05, 3.63) is 73.3 Å². The fraction of sp³-hybridized carbons (Fsp3) is 0.281. The molecule has 13 nitrogen and oxygen atoms in total. The third-order valence-corrected chi connectivity index (χ3v) is 8.75. The molecule has 0 saturated carbocycles. The predicted molar refractivity (Wildman–Crippen MR) is 169 cm³/mol. The molecule has 8 rings (SSSR count). The molecule has 6 heterocycles. The number of likely N-dealkylation sites (N-methyl/N-ethyl adjacent to an activating group) is 1. The number of rotatable bonds is 3. The molecule has 0 spiro atoms. The molecule has 1 saturated heterocycles. The van der Waals surface area contributed by atoms with Crippen molar-refractivity contribution in [2.24, 2.45) is 0 Å². The summed E-state index contributed by atoms with van der Waals surface area (Å²) in [7, 11) is 1.76. The van der Waals surface area contributed by atoms with Crippen LogP contribution in [0.2, 0.25) is 0 Å². The van der Waals surface area contributed by atoms with E-state index >= 15 is 0 Å². The monoisotopic (exact) mass is 673 g/mol. The number of aryl methyl sites for hydroxylation is 1. The molecule has 4 bridgehead atoms. The Morgan fingerprint density at radius 2 is 1.92 bits per heavy atom. The number of ether oxygens (including phenoxy) is 1. The molecule has 4 aromatic heterocycles. The fourth-order valence-electron chi connectivity index (χ4n) is 6.62. The van der Waals surface area contributed by atoms with Gasteiger partial charge in [-0.3, -0.25) is 4.79 Å². The summed E-state index contributed by atoms with van der Waals surface area (Å²) in [6.45, 7) is 1.41. The Hall–Kier alpha value is -5.87. The highest BCUT2D eigenvalue weighted by molar-refractivity contribution is 5.93. The van der Waals surface area contributed by atoms with Crippen molar-refractivity contribution in [3.8, 4) is 22.7 Å². The Bertz CT molecular complexity index is 2220. The Kier molecular flexibility index (Phi) is 7.26. The Morgan fingerprint density at radius 3 is 2.78 bits per heavy atom. The molecule has 0 unspecified atom stereocenters. The van der Waals surface area contributed by atoms with E-state index < -0.39 is 24.0 Å². The average Bonchev–Trinajstić information content (AvgIpc) is 3.81. The van der Waals surface area contributed by atoms with Crippen molar-refractivity contribution in [1.82, 2.24) is 44.2 Å². The molecular formula is C32H27F4N11O2. The summed E-state index contributed by atoms with van der Waals surface area (Å²) in [6, 6.07) is 9.54. The number of aromatic nitrogens is 8. The molecule has 6 aromatic rings. The summed E-state index contributed by atoms with van der Waals surface area (Å²) in [6.07, 6.45) is 2.10. The van der Waals surface area contributed by atoms with Crippen LogP contribution in [0.25, 0.3) is 39.0 Å². The highest BCUT2D eigenvalue weighted by atomic mass is 19.4. The maximum Gasteiger partial charge on any atom is 0.573 e. The molecule has 2 aliphatic heterocycles. The number of imidazole rings is 1. The van der Waals surface area contributed by atoms with Gasteiger partial charge in [-0.05, 0) is 37.1 Å². The normalized spacial score (nSPS) is 18.4. The Balaban J connectivity index is 1.18. The lowest BCUT2D eigenvalue weighted by molar-refractivity contribution is -0.274. The molecule has 250 valence electrons. The van der Waals surface area contributed by atoms with Crippen molar-refractivity contribution in [2.75, 3.05) is 30.4 Å². The lowest BCUT2D eigenvalue weighted by atomic mass is 10.1. The second-order valence-electron chi connectivity index (χ2n) is 11.9. The molecule has 0 aliphatic carbocycles. The van der Waals surface area contributed by atoms with Crippen LogP contribution in [0.15, 0.2) is 67.5 Å². The number of nitrogens with zero attached hydrogens (tertiary/aromatic N) is 10. The molecule has 49 heavy (non-hydrogen) atoms. The zero-order chi connectivity index (χ0) is 33.9. The summed E-state index contributed by atoms with van der Waals surface area (Å²) in [5.41, 5.74) is 3.40. The van der Waals surface area contributed by atoms with E-state index in [-0.39, 0.29) is 23.3 Å². The van der Waals surface area contributed by atoms with Gasteiger partial charge in [0.05, 0.1) is 34.6 Å². The second-order valence-corrected chi connectivity index (χ2v) is 11.9. The molecule has 1 amide bonds. The number of halogens is 4. The highest BCUT2D eigenvalue weighted by Crippen LogP contribution is 2.36. The van der Waals surface area contributed by atoms with E-state index in [0.29, 0.717) is 55.7 Å². The number of amides is 1. The third-order valence-electron chi connectivity index (χ3n) is 8.75. The number of fused-ring (bicyclic) bond motifs is 6. The summed E-state index contributed by atoms with van der Waals surface area (Å²) in [5.74, 6) is -1.09. The van der Waals surface area contributed by atoms with Crippen LogP contribution >= 0.6 is 0 Å². The maximum atomic E-state index is 14.1. The lowest BCUT2D eigenvalue weighted by Gasteiger charge is -2.29. The minimum Gasteiger partial charge on any atom is -0.403 e. The van der Waals surface area contributed by atoms with Crippen molar-refractivity contribution >= 4 is 39.7 Å². The zero-order valence-corrected chi connectivity index (χ0v) is 25.8. The van der Waals surface area contributed by atoms with Gasteiger partial charge in [-0.25, -0.2) is 34.0 Å². The SMILES string of the molecule is CN1CCCn2cnc3cccc(c32)-c2ccnc(n2)N[C@H]2C[C@@H](C1=O)N(c1ncnc3c1cnn3-c1ccc(F)cc1OC(F)(F)F)C2. The van der Waals surface area contributed by atoms with Gasteiger partial charge in [0.15, 0.2) is 11.4 Å². The number of benzene rings is 2. The minimum absolute atomic E-state index is 0.136. The quantitative estimate of drug-likeness (QED) is 0.266. The first kappa shape index (κ1) is 30.5. The van der Waals surface area contributed by atoms with Gasteiger partial charge in [-0.2, -0.15) is 5.10 Å². The first-order chi connectivity index (χ1) is 23.6. The molecule has 2 atom stereocenters. The van der Waals surface area contributed by atoms with Crippen LogP contribution in [0.5, 0.6) is 5.75 Å². The van der Waals surface area contributed by atoms with E-state index in [1.165, 1.54) is 12.5 Å². The number of alkyl halides is 3. The van der Waals surface area contributed by atoms with E-state index in [0.717, 1.165) is 39.1 Å². The first-order valence-corrected chi connectivity index (χ1v) is 15.4. The molecule has 0 radical (unpaired) electrons. The number of carbonyl (C=O) groups is 1. The summed E-state index contributed by atoms with van der Waals surface area (Å²) < 4.78 is 60.9. The van der Waals surface area contributed by atoms with Gasteiger partial charge in [0.2, 0.25) is 11.9 Å². The lowest BCUT2D eigenvalue weighted by Crippen LogP contribution is -2.45. The zero-order valence-electron chi connectivity index (χ0n) is 25.8. The van der Waals surface area contributed by atoms with Crippen molar-refractivity contribution in [2.45, 2.75) is 37.8 Å². The fourth-order valence-corrected chi connectivity index (χ4v) is 6.62. The average molecular weight is 674 g/mol. The Morgan fingerprint density at radius 1 is 1.04 bits per heavy atom. The first-order valence-electron chi connectivity index (χ1n) is 15.4. The minimum atomic E-state index is -5.07. The number of anilines is 2. The number of carbonyl (C=O) groups excluding carboxylic acids is 1. The molecule has 1 N–H and O–H groups in total. The van der Waals surface area contributed by atoms with Crippen LogP contribution in [0.1, 0.15) is 12.8 Å². The summed E-state index contributed by atoms with van der Waals surface area (Å²) in [4.78, 5) is 40.3. The van der Waals surface area contributed by atoms with Crippen LogP contribution in [-0.2, 0) is 11.3 Å². The van der Waals surface area contributed by atoms with Crippen LogP contribution in [0.3, 0.4) is 0 Å². The van der Waals surface area contributed by atoms with Crippen LogP contribution in [0, 0.1) is 5.82 Å². The molecule has 1 fully saturated rings. The van der Waals surface area contributed by atoms with Gasteiger partial charge >= 0.3 is 6.36 Å². The number of nitrogens with one attached hydrogen (secondary N) is 1. The van der Waals surface area contributed by atoms with E-state index in [1.807, 2.05) is 29.2 Å². The molecule has 2 aliphatic rings. The van der Waals surface area contributed by atoms with Crippen molar-refractivity contribution < 1.29 is 27.1 Å². The van der Waals surface area contributed by atoms with E-state index in [2.05, 4.69) is 39.7 Å². The van der Waals surface area contributed by atoms with Gasteiger partial charge in [0.25, 0.3) is 0 Å². The Labute approximate surface area is 275 Å². The number of hydrogen-bond donors (Lipinski definition) is 1. The standard InChI is InChI=1S/C32H27F4N11O2/c1-44-10-3-11-45-17-40-23-5-2-4-20(27(23)45)22-8-9-37-31(43-22)42-19-13-25(30(44)48)46(15-19)28-21-14-41-47(29(21)39-16-38-28)24-7-6-18(33)12-26(24)49-32(34,35)36/h2,4-9,12,14,16-17,19,25H,3,10-11,13,15H2,1H3,(H,37,42,43)/t19-,25-/m0/s1. The van der Waals surface area contributed by atoms with Crippen LogP contribution in [0.4, 0.5) is 29.3 Å². The van der Waals surface area contributed by atoms with Crippen LogP contribution in [-0.4, -0.2) is 88.7 Å². The van der Waals surface area contributed by atoms with E-state index in [1.54, 1.807) is 24.5 Å². The maximum absolute atomic E-state index is 14.1. The van der Waals surface area contributed by atoms with Gasteiger partial charge in [0, 0.05) is 50.6 Å². The summed E-state index contributed by atoms with van der Waals surface area (Å²) >= 11 is 0. The predicted octanol–water partition coefficient (Wildman–Crippen LogP) is 4.58. The van der Waals surface area contributed by atoms with E-state index in [4.69, 9.17) is 4.98 Å². The van der Waals surface area contributed by atoms with Gasteiger partial charge in [-0.15, -0.1) is 13.2 Å². The van der Waals surface area contributed by atoms with Crippen molar-refractivity contribution in [1.29, 1.82) is 0 Å². The topological polar surface area (TPSA) is 132 Å². The molecule has 17 heteroatoms. The highest BCUT2D eigenvalue weighted by Gasteiger charge is 2.40. The molecule has 2 aromatic carbocycles. The van der Waals surface area contributed by atoms with Gasteiger partial charge in [0.1, 0.15) is 29.7 Å². The van der Waals surface area contributed by atoms with Gasteiger partial charge < -0.3 is 24.4 Å². The number of hydrogen-bond acceptors (Lipinski definition) is 10. The summed E-state index contributed by atoms with van der Waals surface area (Å²) in [5, 5.41) is 8.06. The van der Waals surface area contributed by atoms with Gasteiger partial charge in [-0.1, -0.05) is 12.1 Å². The van der Waals surface area contributed by atoms with Crippen LogP contribution < -0.4 is 15.0 Å². The van der Waals surface area contributed by atoms with Crippen molar-refractivity contribution in [3.63, 3.8) is 0 Å². The largest absolute Gasteiger partial charge is 0.573 e. The number of para-hydroxylation sites is 1. The second kappa shape index (κ2) is 11.7. The third kappa shape index (κ3) is 5.59.